The summed E-state index contributed by atoms with van der Waals surface area (Å²) in [4.78, 5) is 8.91. The van der Waals surface area contributed by atoms with Gasteiger partial charge in [-0.1, -0.05) is 46.5 Å². The smallest absolute Gasteiger partial charge is 0.145 e. The van der Waals surface area contributed by atoms with Crippen LogP contribution in [0.2, 0.25) is 0 Å². The molecular weight excluding hydrogens is 250 g/mol. The lowest BCUT2D eigenvalue weighted by Gasteiger charge is -2.16. The number of nitrogens with zero attached hydrogens (tertiary/aromatic N) is 2. The molecule has 114 valence electrons. The third kappa shape index (κ3) is 5.74. The predicted octanol–water partition coefficient (Wildman–Crippen LogP) is 3.66. The Hall–Kier alpha value is -1.36. The lowest BCUT2D eigenvalue weighted by Crippen LogP contribution is -2.18. The Morgan fingerprint density at radius 3 is 2.40 bits per heavy atom. The Balaban J connectivity index is 2.59. The minimum Gasteiger partial charge on any atom is -0.367 e. The number of anilines is 2. The SMILES string of the molecule is CCCCCCC(C)Nc1cc(NN)nc(C(C)C)n1. The molecule has 0 amide bonds. The quantitative estimate of drug-likeness (QED) is 0.365. The number of hydrogen-bond acceptors (Lipinski definition) is 5. The number of rotatable bonds is 9. The van der Waals surface area contributed by atoms with Gasteiger partial charge < -0.3 is 10.7 Å². The number of nitrogens with two attached hydrogens (primary N) is 1. The Morgan fingerprint density at radius 1 is 1.10 bits per heavy atom. The van der Waals surface area contributed by atoms with Gasteiger partial charge in [-0.05, 0) is 13.3 Å². The highest BCUT2D eigenvalue weighted by molar-refractivity contribution is 5.47. The molecule has 4 N–H and O–H groups in total. The first kappa shape index (κ1) is 16.7. The number of hydrogen-bond donors (Lipinski definition) is 3. The largest absolute Gasteiger partial charge is 0.367 e. The fourth-order valence-electron chi connectivity index (χ4n) is 2.07. The van der Waals surface area contributed by atoms with Gasteiger partial charge in [0.15, 0.2) is 0 Å². The van der Waals surface area contributed by atoms with E-state index in [1.54, 1.807) is 0 Å². The molecule has 5 nitrogen and oxygen atoms in total. The molecule has 0 aliphatic carbocycles. The van der Waals surface area contributed by atoms with Crippen molar-refractivity contribution >= 4 is 11.6 Å². The fraction of sp³-hybridized carbons (Fsp3) is 0.733. The highest BCUT2D eigenvalue weighted by Gasteiger charge is 2.09. The molecule has 1 rings (SSSR count). The summed E-state index contributed by atoms with van der Waals surface area (Å²) < 4.78 is 0. The molecule has 1 heterocycles. The van der Waals surface area contributed by atoms with Crippen LogP contribution in [0.25, 0.3) is 0 Å². The first-order chi connectivity index (χ1) is 9.56. The highest BCUT2D eigenvalue weighted by Crippen LogP contribution is 2.18. The molecule has 0 aliphatic rings. The maximum absolute atomic E-state index is 5.46. The van der Waals surface area contributed by atoms with Crippen LogP contribution in [-0.4, -0.2) is 16.0 Å². The molecule has 0 spiro atoms. The normalized spacial score (nSPS) is 12.5. The lowest BCUT2D eigenvalue weighted by atomic mass is 10.1. The minimum atomic E-state index is 0.281. The van der Waals surface area contributed by atoms with Crippen molar-refractivity contribution in [2.24, 2.45) is 5.84 Å². The van der Waals surface area contributed by atoms with Gasteiger partial charge in [-0.3, -0.25) is 0 Å². The van der Waals surface area contributed by atoms with E-state index in [-0.39, 0.29) is 5.92 Å². The van der Waals surface area contributed by atoms with E-state index in [0.717, 1.165) is 18.1 Å². The van der Waals surface area contributed by atoms with Gasteiger partial charge in [0.2, 0.25) is 0 Å². The molecule has 1 aromatic heterocycles. The monoisotopic (exact) mass is 279 g/mol. The van der Waals surface area contributed by atoms with Crippen molar-refractivity contribution in [3.8, 4) is 0 Å². The fourth-order valence-corrected chi connectivity index (χ4v) is 2.07. The Labute approximate surface area is 122 Å². The first-order valence-corrected chi connectivity index (χ1v) is 7.69. The summed E-state index contributed by atoms with van der Waals surface area (Å²) in [5, 5.41) is 3.44. The van der Waals surface area contributed by atoms with Crippen molar-refractivity contribution in [2.75, 3.05) is 10.7 Å². The van der Waals surface area contributed by atoms with Gasteiger partial charge >= 0.3 is 0 Å². The third-order valence-corrected chi connectivity index (χ3v) is 3.29. The maximum Gasteiger partial charge on any atom is 0.145 e. The molecule has 1 aromatic rings. The molecule has 0 aromatic carbocycles. The van der Waals surface area contributed by atoms with Gasteiger partial charge in [0.25, 0.3) is 0 Å². The van der Waals surface area contributed by atoms with E-state index < -0.39 is 0 Å². The molecule has 5 heteroatoms. The Bertz CT molecular complexity index is 392. The van der Waals surface area contributed by atoms with Crippen molar-refractivity contribution in [3.05, 3.63) is 11.9 Å². The van der Waals surface area contributed by atoms with Crippen LogP contribution in [0.1, 0.15) is 71.5 Å². The van der Waals surface area contributed by atoms with E-state index in [9.17, 15) is 0 Å². The van der Waals surface area contributed by atoms with Crippen LogP contribution in [-0.2, 0) is 0 Å². The summed E-state index contributed by atoms with van der Waals surface area (Å²) in [6.07, 6.45) is 6.31. The van der Waals surface area contributed by atoms with Gasteiger partial charge in [0, 0.05) is 18.0 Å². The van der Waals surface area contributed by atoms with E-state index in [1.807, 2.05) is 6.07 Å². The van der Waals surface area contributed by atoms with Gasteiger partial charge in [-0.25, -0.2) is 15.8 Å². The average molecular weight is 279 g/mol. The molecular formula is C15H29N5. The molecule has 20 heavy (non-hydrogen) atoms. The van der Waals surface area contributed by atoms with Gasteiger partial charge in [0.05, 0.1) is 0 Å². The number of nitrogen functional groups attached to an aromatic ring is 1. The molecule has 0 saturated carbocycles. The van der Waals surface area contributed by atoms with Crippen molar-refractivity contribution in [2.45, 2.75) is 71.8 Å². The summed E-state index contributed by atoms with van der Waals surface area (Å²) in [6, 6.07) is 2.27. The average Bonchev–Trinajstić information content (AvgIpc) is 2.43. The van der Waals surface area contributed by atoms with Crippen molar-refractivity contribution in [1.82, 2.24) is 9.97 Å². The molecule has 0 bridgehead atoms. The summed E-state index contributed by atoms with van der Waals surface area (Å²) in [7, 11) is 0. The zero-order chi connectivity index (χ0) is 15.0. The van der Waals surface area contributed by atoms with Gasteiger partial charge in [0.1, 0.15) is 17.5 Å². The van der Waals surface area contributed by atoms with Crippen LogP contribution in [0.4, 0.5) is 11.6 Å². The van der Waals surface area contributed by atoms with E-state index >= 15 is 0 Å². The number of aromatic nitrogens is 2. The number of unbranched alkanes of at least 4 members (excludes halogenated alkanes) is 3. The summed E-state index contributed by atoms with van der Waals surface area (Å²) in [5.74, 6) is 8.06. The molecule has 0 aliphatic heterocycles. The van der Waals surface area contributed by atoms with Crippen molar-refractivity contribution in [3.63, 3.8) is 0 Å². The van der Waals surface area contributed by atoms with Crippen LogP contribution in [0.15, 0.2) is 6.07 Å². The second-order valence-corrected chi connectivity index (χ2v) is 5.69. The van der Waals surface area contributed by atoms with Gasteiger partial charge in [-0.2, -0.15) is 0 Å². The number of hydrazine groups is 1. The zero-order valence-electron chi connectivity index (χ0n) is 13.2. The van der Waals surface area contributed by atoms with Crippen molar-refractivity contribution < 1.29 is 0 Å². The topological polar surface area (TPSA) is 75.9 Å². The summed E-state index contributed by atoms with van der Waals surface area (Å²) >= 11 is 0. The van der Waals surface area contributed by atoms with Crippen LogP contribution in [0.3, 0.4) is 0 Å². The Morgan fingerprint density at radius 2 is 1.80 bits per heavy atom. The maximum atomic E-state index is 5.46. The van der Waals surface area contributed by atoms with Crippen LogP contribution in [0, 0.1) is 0 Å². The van der Waals surface area contributed by atoms with E-state index in [2.05, 4.69) is 48.4 Å². The van der Waals surface area contributed by atoms with E-state index in [1.165, 1.54) is 25.7 Å². The Kier molecular flexibility index (Phi) is 7.30. The molecule has 1 atom stereocenters. The van der Waals surface area contributed by atoms with E-state index in [0.29, 0.717) is 11.9 Å². The van der Waals surface area contributed by atoms with E-state index in [4.69, 9.17) is 5.84 Å². The molecule has 0 saturated heterocycles. The first-order valence-electron chi connectivity index (χ1n) is 7.69. The summed E-state index contributed by atoms with van der Waals surface area (Å²) in [5.41, 5.74) is 2.60. The standard InChI is InChI=1S/C15H29N5/c1-5-6-7-8-9-12(4)17-13-10-14(20-16)19-15(18-13)11(2)3/h10-12H,5-9,16H2,1-4H3,(H2,17,18,19,20). The predicted molar refractivity (Wildman–Crippen MR) is 85.8 cm³/mol. The van der Waals surface area contributed by atoms with Crippen LogP contribution < -0.4 is 16.6 Å². The number of nitrogens with one attached hydrogen (secondary N) is 2. The summed E-state index contributed by atoms with van der Waals surface area (Å²) in [6.45, 7) is 8.58. The van der Waals surface area contributed by atoms with Gasteiger partial charge in [-0.15, -0.1) is 0 Å². The molecule has 0 fully saturated rings. The third-order valence-electron chi connectivity index (χ3n) is 3.29. The van der Waals surface area contributed by atoms with Crippen LogP contribution in [0.5, 0.6) is 0 Å². The zero-order valence-corrected chi connectivity index (χ0v) is 13.2. The molecule has 1 unspecified atom stereocenters. The minimum absolute atomic E-state index is 0.281. The second-order valence-electron chi connectivity index (χ2n) is 5.69. The van der Waals surface area contributed by atoms with Crippen molar-refractivity contribution in [1.29, 1.82) is 0 Å². The highest BCUT2D eigenvalue weighted by atomic mass is 15.3. The lowest BCUT2D eigenvalue weighted by molar-refractivity contribution is 0.592. The molecule has 0 radical (unpaired) electrons. The second kappa shape index (κ2) is 8.74. The van der Waals surface area contributed by atoms with Crippen LogP contribution >= 0.6 is 0 Å².